The monoisotopic (exact) mass is 813 g/mol. The number of aryl methyl sites for hydroxylation is 1. The zero-order chi connectivity index (χ0) is 42.6. The number of nitrogens with one attached hydrogen (secondary N) is 1. The number of benzene rings is 1. The molecule has 0 bridgehead atoms. The van der Waals surface area contributed by atoms with Crippen molar-refractivity contribution >= 4 is 29.6 Å². The maximum absolute atomic E-state index is 14.9. The SMILES string of the molecule is CN(C)C(=O)[C@H](CC(=O)OC(C)(C)C)[C@H](C1CCCC1)N(C)C(=O)C1(NC(=O)[C@@H]2CCCN2C(=O)[C@H](CCc2cc(F)c(C(F)(F)F)c(F)c2)N(C)C)CCCC1. The molecule has 57 heavy (non-hydrogen) atoms. The van der Waals surface area contributed by atoms with E-state index in [1.54, 1.807) is 65.8 Å². The first-order valence-corrected chi connectivity index (χ1v) is 20.0. The van der Waals surface area contributed by atoms with Crippen LogP contribution in [0.1, 0.15) is 109 Å². The van der Waals surface area contributed by atoms with Gasteiger partial charge in [-0.15, -0.1) is 0 Å². The summed E-state index contributed by atoms with van der Waals surface area (Å²) in [5.41, 5.74) is -4.11. The molecule has 1 aromatic rings. The second kappa shape index (κ2) is 18.4. The topological polar surface area (TPSA) is 120 Å². The summed E-state index contributed by atoms with van der Waals surface area (Å²) >= 11 is 0. The first-order valence-electron chi connectivity index (χ1n) is 20.0. The van der Waals surface area contributed by atoms with E-state index < -0.39 is 76.3 Å². The van der Waals surface area contributed by atoms with E-state index in [-0.39, 0.29) is 49.1 Å². The van der Waals surface area contributed by atoms with Gasteiger partial charge < -0.3 is 24.8 Å². The van der Waals surface area contributed by atoms with Gasteiger partial charge in [-0.3, -0.25) is 28.9 Å². The van der Waals surface area contributed by atoms with Gasteiger partial charge in [-0.05, 0) is 110 Å². The number of carbonyl (C=O) groups is 5. The van der Waals surface area contributed by atoms with Crippen LogP contribution in [0, 0.1) is 23.5 Å². The minimum Gasteiger partial charge on any atom is -0.460 e. The minimum absolute atomic E-state index is 0.00677. The van der Waals surface area contributed by atoms with Gasteiger partial charge in [-0.2, -0.15) is 13.2 Å². The van der Waals surface area contributed by atoms with Crippen molar-refractivity contribution in [2.45, 2.75) is 140 Å². The predicted molar refractivity (Wildman–Crippen MR) is 202 cm³/mol. The molecule has 2 aliphatic carbocycles. The fourth-order valence-corrected chi connectivity index (χ4v) is 9.07. The number of alkyl halides is 3. The number of likely N-dealkylation sites (N-methyl/N-ethyl adjacent to an activating group) is 2. The number of nitrogens with zero attached hydrogens (tertiary/aromatic N) is 4. The lowest BCUT2D eigenvalue weighted by Gasteiger charge is -2.43. The maximum atomic E-state index is 14.9. The van der Waals surface area contributed by atoms with Crippen LogP contribution in [0.2, 0.25) is 0 Å². The van der Waals surface area contributed by atoms with Crippen LogP contribution in [0.4, 0.5) is 22.0 Å². The van der Waals surface area contributed by atoms with Gasteiger partial charge in [-0.25, -0.2) is 8.78 Å². The molecule has 3 aliphatic rings. The van der Waals surface area contributed by atoms with Crippen molar-refractivity contribution in [3.63, 3.8) is 0 Å². The number of rotatable bonds is 14. The Hall–Kier alpha value is -3.82. The Labute approximate surface area is 333 Å². The van der Waals surface area contributed by atoms with Gasteiger partial charge in [0.2, 0.25) is 23.6 Å². The zero-order valence-electron chi connectivity index (χ0n) is 34.6. The van der Waals surface area contributed by atoms with Gasteiger partial charge in [0.05, 0.1) is 18.4 Å². The Balaban J connectivity index is 1.56. The third kappa shape index (κ3) is 11.0. The highest BCUT2D eigenvalue weighted by Gasteiger charge is 2.51. The van der Waals surface area contributed by atoms with Gasteiger partial charge in [0, 0.05) is 33.7 Å². The molecule has 1 aromatic carbocycles. The van der Waals surface area contributed by atoms with Crippen molar-refractivity contribution in [1.82, 2.24) is 24.9 Å². The molecule has 4 rings (SSSR count). The average molecular weight is 814 g/mol. The number of ether oxygens (including phenoxy) is 1. The molecule has 1 saturated heterocycles. The molecule has 4 amide bonds. The van der Waals surface area contributed by atoms with Crippen LogP contribution >= 0.6 is 0 Å². The average Bonchev–Trinajstić information content (AvgIpc) is 3.89. The first-order chi connectivity index (χ1) is 26.5. The summed E-state index contributed by atoms with van der Waals surface area (Å²) in [5, 5.41) is 3.06. The molecule has 0 spiro atoms. The lowest BCUT2D eigenvalue weighted by atomic mass is 9.81. The van der Waals surface area contributed by atoms with Crippen LogP contribution in [0.15, 0.2) is 12.1 Å². The highest BCUT2D eigenvalue weighted by atomic mass is 19.4. The summed E-state index contributed by atoms with van der Waals surface area (Å²) in [4.78, 5) is 76.3. The van der Waals surface area contributed by atoms with Gasteiger partial charge in [0.1, 0.15) is 34.4 Å². The Bertz CT molecular complexity index is 1610. The van der Waals surface area contributed by atoms with Crippen LogP contribution in [0.3, 0.4) is 0 Å². The van der Waals surface area contributed by atoms with Crippen molar-refractivity contribution in [1.29, 1.82) is 0 Å². The first kappa shape index (κ1) is 45.9. The summed E-state index contributed by atoms with van der Waals surface area (Å²) in [6, 6.07) is -1.19. The van der Waals surface area contributed by atoms with Crippen molar-refractivity contribution < 1.29 is 50.7 Å². The van der Waals surface area contributed by atoms with Crippen molar-refractivity contribution in [2.75, 3.05) is 41.8 Å². The fourth-order valence-electron chi connectivity index (χ4n) is 9.07. The highest BCUT2D eigenvalue weighted by molar-refractivity contribution is 5.96. The Morgan fingerprint density at radius 1 is 0.895 bits per heavy atom. The number of amides is 4. The van der Waals surface area contributed by atoms with Crippen LogP contribution in [0.25, 0.3) is 0 Å². The summed E-state index contributed by atoms with van der Waals surface area (Å²) in [6.07, 6.45) is 0.676. The van der Waals surface area contributed by atoms with Crippen molar-refractivity contribution in [3.05, 3.63) is 34.9 Å². The molecular weight excluding hydrogens is 753 g/mol. The second-order valence-electron chi connectivity index (χ2n) is 17.5. The van der Waals surface area contributed by atoms with E-state index in [0.29, 0.717) is 50.7 Å². The third-order valence-electron chi connectivity index (χ3n) is 11.7. The molecule has 1 aliphatic heterocycles. The Morgan fingerprint density at radius 3 is 1.98 bits per heavy atom. The number of likely N-dealkylation sites (tertiary alicyclic amines) is 1. The van der Waals surface area contributed by atoms with E-state index in [1.807, 2.05) is 0 Å². The normalized spacial score (nSPS) is 20.3. The quantitative estimate of drug-likeness (QED) is 0.189. The number of halogens is 5. The van der Waals surface area contributed by atoms with Gasteiger partial charge >= 0.3 is 12.1 Å². The summed E-state index contributed by atoms with van der Waals surface area (Å²) in [5.74, 6) is -6.55. The third-order valence-corrected chi connectivity index (χ3v) is 11.7. The standard InChI is InChI=1S/C41H60F5N5O6/c1-39(2,3)57-32(52)24-27(36(54)49(6)7)34(26-14-9-10-15-26)50(8)38(56)40(19-11-12-20-40)47-35(53)30-16-13-21-51(30)37(55)31(48(4)5)18-17-25-22-28(42)33(29(43)23-25)41(44,45)46/h22-23,26-27,30-31,34H,9-21,24H2,1-8H3,(H,47,53)/t27-,30+,31+,34+/m1/s1. The van der Waals surface area contributed by atoms with Crippen molar-refractivity contribution in [3.8, 4) is 0 Å². The van der Waals surface area contributed by atoms with E-state index in [4.69, 9.17) is 4.74 Å². The minimum atomic E-state index is -5.20. The van der Waals surface area contributed by atoms with E-state index in [2.05, 4.69) is 5.32 Å². The Morgan fingerprint density at radius 2 is 1.47 bits per heavy atom. The molecule has 11 nitrogen and oxygen atoms in total. The molecule has 3 fully saturated rings. The zero-order valence-corrected chi connectivity index (χ0v) is 34.6. The van der Waals surface area contributed by atoms with E-state index in [1.165, 1.54) is 9.80 Å². The molecule has 2 saturated carbocycles. The number of hydrogen-bond acceptors (Lipinski definition) is 7. The second-order valence-corrected chi connectivity index (χ2v) is 17.5. The van der Waals surface area contributed by atoms with Crippen LogP contribution in [-0.4, -0.2) is 120 Å². The van der Waals surface area contributed by atoms with Crippen LogP contribution < -0.4 is 5.32 Å². The lowest BCUT2D eigenvalue weighted by molar-refractivity contribution is -0.161. The summed E-state index contributed by atoms with van der Waals surface area (Å²) < 4.78 is 73.7. The number of esters is 1. The summed E-state index contributed by atoms with van der Waals surface area (Å²) in [7, 11) is 8.12. The number of carbonyl (C=O) groups excluding carboxylic acids is 5. The van der Waals surface area contributed by atoms with Gasteiger partial charge in [-0.1, -0.05) is 25.7 Å². The van der Waals surface area contributed by atoms with Crippen LogP contribution in [-0.2, 0) is 41.3 Å². The van der Waals surface area contributed by atoms with E-state index in [0.717, 1.165) is 25.7 Å². The molecule has 0 aromatic heterocycles. The summed E-state index contributed by atoms with van der Waals surface area (Å²) in [6.45, 7) is 5.49. The molecule has 1 N–H and O–H groups in total. The van der Waals surface area contributed by atoms with E-state index in [9.17, 15) is 45.9 Å². The predicted octanol–water partition coefficient (Wildman–Crippen LogP) is 5.72. The Kier molecular flexibility index (Phi) is 14.8. The van der Waals surface area contributed by atoms with Crippen LogP contribution in [0.5, 0.6) is 0 Å². The van der Waals surface area contributed by atoms with E-state index >= 15 is 0 Å². The molecule has 320 valence electrons. The highest BCUT2D eigenvalue weighted by Crippen LogP contribution is 2.40. The molecule has 0 unspecified atom stereocenters. The molecule has 1 heterocycles. The lowest BCUT2D eigenvalue weighted by Crippen LogP contribution is -2.64. The fraction of sp³-hybridized carbons (Fsp3) is 0.732. The molecule has 16 heteroatoms. The number of hydrogen-bond donors (Lipinski definition) is 1. The molecular formula is C41H60F5N5O6. The maximum Gasteiger partial charge on any atom is 0.422 e. The van der Waals surface area contributed by atoms with Gasteiger partial charge in [0.25, 0.3) is 0 Å². The van der Waals surface area contributed by atoms with Crippen molar-refractivity contribution in [2.24, 2.45) is 11.8 Å². The smallest absolute Gasteiger partial charge is 0.422 e. The van der Waals surface area contributed by atoms with Gasteiger partial charge in [0.15, 0.2) is 0 Å². The molecule has 0 radical (unpaired) electrons. The molecule has 4 atom stereocenters. The largest absolute Gasteiger partial charge is 0.460 e.